The van der Waals surface area contributed by atoms with E-state index in [2.05, 4.69) is 15.0 Å². The van der Waals surface area contributed by atoms with E-state index in [4.69, 9.17) is 0 Å². The predicted octanol–water partition coefficient (Wildman–Crippen LogP) is 2.66. The third kappa shape index (κ3) is 2.34. The van der Waals surface area contributed by atoms with Gasteiger partial charge in [0.2, 0.25) is 0 Å². The number of anilines is 1. The van der Waals surface area contributed by atoms with E-state index in [1.54, 1.807) is 36.1 Å². The number of aliphatic imine (C=N–C) groups is 1. The molecule has 4 rings (SSSR count). The second-order valence-electron chi connectivity index (χ2n) is 5.55. The highest BCUT2D eigenvalue weighted by atomic mass is 16.2. The number of rotatable bonds is 2. The number of benzene rings is 2. The van der Waals surface area contributed by atoms with Crippen LogP contribution in [0.5, 0.6) is 0 Å². The Morgan fingerprint density at radius 3 is 2.54 bits per heavy atom. The summed E-state index contributed by atoms with van der Waals surface area (Å²) in [4.78, 5) is 35.4. The predicted molar refractivity (Wildman–Crippen MR) is 93.9 cm³/mol. The zero-order valence-corrected chi connectivity index (χ0v) is 12.9. The van der Waals surface area contributed by atoms with Crippen molar-refractivity contribution in [2.75, 3.05) is 4.90 Å². The van der Waals surface area contributed by atoms with Gasteiger partial charge in [-0.25, -0.2) is 9.79 Å². The number of imidazole rings is 1. The molecule has 0 bridgehead atoms. The van der Waals surface area contributed by atoms with Crippen LogP contribution in [0, 0.1) is 0 Å². The standard InChI is InChI=1S/C18H14N4O2/c1-11-19-16(9-12-5-3-2-4-6-12)17(23)22(11)13-7-8-14-15(10-13)21-18(24)20-14/h2-10H,1H3,(H2,20,21,24). The molecule has 1 aliphatic heterocycles. The molecule has 0 aliphatic carbocycles. The van der Waals surface area contributed by atoms with Crippen molar-refractivity contribution < 1.29 is 4.79 Å². The van der Waals surface area contributed by atoms with E-state index in [-0.39, 0.29) is 11.6 Å². The topological polar surface area (TPSA) is 81.3 Å². The molecule has 0 unspecified atom stereocenters. The van der Waals surface area contributed by atoms with Gasteiger partial charge in [-0.2, -0.15) is 0 Å². The molecule has 1 aromatic heterocycles. The van der Waals surface area contributed by atoms with Crippen molar-refractivity contribution in [3.63, 3.8) is 0 Å². The van der Waals surface area contributed by atoms with Gasteiger partial charge in [0.15, 0.2) is 0 Å². The van der Waals surface area contributed by atoms with Crippen molar-refractivity contribution in [2.45, 2.75) is 6.92 Å². The molecule has 24 heavy (non-hydrogen) atoms. The van der Waals surface area contributed by atoms with Crippen LogP contribution in [-0.2, 0) is 4.79 Å². The Hall–Kier alpha value is -3.41. The summed E-state index contributed by atoms with van der Waals surface area (Å²) in [6.07, 6.45) is 1.77. The van der Waals surface area contributed by atoms with Gasteiger partial charge in [0, 0.05) is 0 Å². The minimum atomic E-state index is -0.273. The van der Waals surface area contributed by atoms with Gasteiger partial charge in [0.25, 0.3) is 5.91 Å². The lowest BCUT2D eigenvalue weighted by Crippen LogP contribution is -2.30. The van der Waals surface area contributed by atoms with Gasteiger partial charge in [-0.3, -0.25) is 9.69 Å². The number of hydrogen-bond acceptors (Lipinski definition) is 3. The van der Waals surface area contributed by atoms with Gasteiger partial charge in [-0.15, -0.1) is 0 Å². The van der Waals surface area contributed by atoms with E-state index in [9.17, 15) is 9.59 Å². The van der Waals surface area contributed by atoms with Crippen LogP contribution in [0.25, 0.3) is 17.1 Å². The molecule has 3 aromatic rings. The number of nitrogens with one attached hydrogen (secondary N) is 2. The molecule has 118 valence electrons. The van der Waals surface area contributed by atoms with Gasteiger partial charge in [0.05, 0.1) is 16.7 Å². The molecule has 1 amide bonds. The first kappa shape index (κ1) is 14.2. The molecule has 6 nitrogen and oxygen atoms in total. The summed E-state index contributed by atoms with van der Waals surface area (Å²) in [5.41, 5.74) is 3.06. The lowest BCUT2D eigenvalue weighted by atomic mass is 10.2. The summed E-state index contributed by atoms with van der Waals surface area (Å²) < 4.78 is 0. The van der Waals surface area contributed by atoms with Gasteiger partial charge < -0.3 is 9.97 Å². The lowest BCUT2D eigenvalue weighted by Gasteiger charge is -2.15. The molecule has 2 N–H and O–H groups in total. The van der Waals surface area contributed by atoms with Crippen LogP contribution in [0.3, 0.4) is 0 Å². The smallest absolute Gasteiger partial charge is 0.306 e. The molecular formula is C18H14N4O2. The molecule has 1 aliphatic rings. The van der Waals surface area contributed by atoms with Crippen LogP contribution in [0.2, 0.25) is 0 Å². The fourth-order valence-corrected chi connectivity index (χ4v) is 2.80. The number of amides is 1. The van der Waals surface area contributed by atoms with Crippen LogP contribution in [0.15, 0.2) is 64.0 Å². The van der Waals surface area contributed by atoms with Crippen LogP contribution >= 0.6 is 0 Å². The molecule has 6 heteroatoms. The third-order valence-electron chi connectivity index (χ3n) is 3.89. The molecular weight excluding hydrogens is 304 g/mol. The summed E-state index contributed by atoms with van der Waals surface area (Å²) in [7, 11) is 0. The number of aromatic amines is 2. The SMILES string of the molecule is CC1=NC(=Cc2ccccc2)C(=O)N1c1ccc2[nH]c(=O)[nH]c2c1. The average Bonchev–Trinajstić information content (AvgIpc) is 3.06. The molecule has 0 radical (unpaired) electrons. The summed E-state index contributed by atoms with van der Waals surface area (Å²) in [6.45, 7) is 1.79. The Labute approximate surface area is 137 Å². The zero-order chi connectivity index (χ0) is 16.7. The van der Waals surface area contributed by atoms with Crippen molar-refractivity contribution in [3.8, 4) is 0 Å². The molecule has 0 saturated heterocycles. The van der Waals surface area contributed by atoms with E-state index in [0.29, 0.717) is 28.3 Å². The number of carbonyl (C=O) groups is 1. The minimum absolute atomic E-state index is 0.186. The van der Waals surface area contributed by atoms with Crippen LogP contribution in [-0.4, -0.2) is 21.7 Å². The summed E-state index contributed by atoms with van der Waals surface area (Å²) in [5.74, 6) is 0.410. The highest BCUT2D eigenvalue weighted by Crippen LogP contribution is 2.26. The molecule has 2 heterocycles. The number of aromatic nitrogens is 2. The number of nitrogens with zero attached hydrogens (tertiary/aromatic N) is 2. The van der Waals surface area contributed by atoms with Crippen molar-refractivity contribution in [3.05, 3.63) is 70.3 Å². The van der Waals surface area contributed by atoms with E-state index >= 15 is 0 Å². The quantitative estimate of drug-likeness (QED) is 0.712. The first-order chi connectivity index (χ1) is 11.6. The number of carbonyl (C=O) groups excluding carboxylic acids is 1. The maximum atomic E-state index is 12.7. The second kappa shape index (κ2) is 5.34. The summed E-state index contributed by atoms with van der Waals surface area (Å²) >= 11 is 0. The Morgan fingerprint density at radius 2 is 1.75 bits per heavy atom. The Kier molecular flexibility index (Phi) is 3.16. The van der Waals surface area contributed by atoms with Crippen molar-refractivity contribution in [1.82, 2.24) is 9.97 Å². The number of hydrogen-bond donors (Lipinski definition) is 2. The first-order valence-corrected chi connectivity index (χ1v) is 7.50. The van der Waals surface area contributed by atoms with Gasteiger partial charge in [-0.05, 0) is 36.8 Å². The molecule has 2 aromatic carbocycles. The molecule has 0 fully saturated rings. The second-order valence-corrected chi connectivity index (χ2v) is 5.55. The lowest BCUT2D eigenvalue weighted by molar-refractivity contribution is -0.113. The number of H-pyrrole nitrogens is 2. The molecule has 0 atom stereocenters. The van der Waals surface area contributed by atoms with Crippen molar-refractivity contribution >= 4 is 34.5 Å². The Morgan fingerprint density at radius 1 is 1.00 bits per heavy atom. The Bertz CT molecular complexity index is 1060. The zero-order valence-electron chi connectivity index (χ0n) is 12.9. The maximum absolute atomic E-state index is 12.7. The van der Waals surface area contributed by atoms with Crippen LogP contribution in [0.4, 0.5) is 5.69 Å². The van der Waals surface area contributed by atoms with E-state index in [1.165, 1.54) is 0 Å². The van der Waals surface area contributed by atoms with Crippen molar-refractivity contribution in [2.24, 2.45) is 4.99 Å². The molecule has 0 spiro atoms. The van der Waals surface area contributed by atoms with Crippen LogP contribution < -0.4 is 10.6 Å². The first-order valence-electron chi connectivity index (χ1n) is 7.50. The van der Waals surface area contributed by atoms with Gasteiger partial charge in [-0.1, -0.05) is 30.3 Å². The number of fused-ring (bicyclic) bond motifs is 1. The monoisotopic (exact) mass is 318 g/mol. The van der Waals surface area contributed by atoms with Gasteiger partial charge in [0.1, 0.15) is 11.5 Å². The highest BCUT2D eigenvalue weighted by Gasteiger charge is 2.29. The Balaban J connectivity index is 1.73. The maximum Gasteiger partial charge on any atom is 0.323 e. The third-order valence-corrected chi connectivity index (χ3v) is 3.89. The fraction of sp³-hybridized carbons (Fsp3) is 0.0556. The minimum Gasteiger partial charge on any atom is -0.306 e. The number of amidine groups is 1. The largest absolute Gasteiger partial charge is 0.323 e. The average molecular weight is 318 g/mol. The summed E-state index contributed by atoms with van der Waals surface area (Å²) in [6, 6.07) is 14.9. The molecule has 0 saturated carbocycles. The van der Waals surface area contributed by atoms with Gasteiger partial charge >= 0.3 is 5.69 Å². The van der Waals surface area contributed by atoms with Crippen molar-refractivity contribution in [1.29, 1.82) is 0 Å². The summed E-state index contributed by atoms with van der Waals surface area (Å²) in [5, 5.41) is 0. The van der Waals surface area contributed by atoms with E-state index in [0.717, 1.165) is 5.56 Å². The van der Waals surface area contributed by atoms with Crippen LogP contribution in [0.1, 0.15) is 12.5 Å². The normalized spacial score (nSPS) is 16.2. The van der Waals surface area contributed by atoms with E-state index < -0.39 is 0 Å². The highest BCUT2D eigenvalue weighted by molar-refractivity contribution is 6.28. The van der Waals surface area contributed by atoms with E-state index in [1.807, 2.05) is 30.3 Å². The fourth-order valence-electron chi connectivity index (χ4n) is 2.80.